The molecule has 2 aromatic heterocycles. The van der Waals surface area contributed by atoms with Crippen LogP contribution in [0.15, 0.2) is 12.1 Å². The molecule has 0 fully saturated rings. The summed E-state index contributed by atoms with van der Waals surface area (Å²) in [6, 6.07) is 2.62. The number of hydrogen-bond acceptors (Lipinski definition) is 5. The fourth-order valence-corrected chi connectivity index (χ4v) is 2.02. The van der Waals surface area contributed by atoms with Crippen LogP contribution in [-0.2, 0) is 6.42 Å². The Morgan fingerprint density at radius 1 is 1.37 bits per heavy atom. The van der Waals surface area contributed by atoms with Crippen LogP contribution >= 0.6 is 0 Å². The molecule has 0 amide bonds. The molecule has 0 saturated carbocycles. The first kappa shape index (κ1) is 11.6. The van der Waals surface area contributed by atoms with Gasteiger partial charge in [0.15, 0.2) is 11.5 Å². The average molecular weight is 261 g/mol. The number of aryl methyl sites for hydroxylation is 1. The Morgan fingerprint density at radius 2 is 2.16 bits per heavy atom. The van der Waals surface area contributed by atoms with E-state index in [1.165, 1.54) is 23.8 Å². The lowest BCUT2D eigenvalue weighted by atomic mass is 10.2. The molecule has 0 radical (unpaired) electrons. The standard InChI is InChI=1S/C12H12FN5O/c1-3-9-15-11-7-4-6(13)5-8(19-2)10(7)16-12(14)18(11)17-9/h4-5H,3H2,1-2H3,(H2,14,16). The third-order valence-corrected chi connectivity index (χ3v) is 2.91. The Morgan fingerprint density at radius 3 is 2.84 bits per heavy atom. The van der Waals surface area contributed by atoms with Crippen LogP contribution < -0.4 is 10.5 Å². The zero-order valence-corrected chi connectivity index (χ0v) is 10.5. The summed E-state index contributed by atoms with van der Waals surface area (Å²) in [5, 5.41) is 4.75. The van der Waals surface area contributed by atoms with E-state index in [1.54, 1.807) is 0 Å². The molecule has 0 bridgehead atoms. The van der Waals surface area contributed by atoms with Gasteiger partial charge in [0.1, 0.15) is 17.1 Å². The van der Waals surface area contributed by atoms with Gasteiger partial charge in [-0.3, -0.25) is 0 Å². The predicted molar refractivity (Wildman–Crippen MR) is 68.6 cm³/mol. The number of ether oxygens (including phenoxy) is 1. The molecule has 2 heterocycles. The second-order valence-electron chi connectivity index (χ2n) is 4.09. The van der Waals surface area contributed by atoms with Gasteiger partial charge in [-0.15, -0.1) is 5.10 Å². The molecule has 6 nitrogen and oxygen atoms in total. The van der Waals surface area contributed by atoms with E-state index in [9.17, 15) is 4.39 Å². The molecule has 0 spiro atoms. The molecule has 98 valence electrons. The number of fused-ring (bicyclic) bond motifs is 3. The number of rotatable bonds is 2. The minimum absolute atomic E-state index is 0.194. The lowest BCUT2D eigenvalue weighted by molar-refractivity contribution is 0.415. The number of nitrogens with two attached hydrogens (primary N) is 1. The number of hydrogen-bond donors (Lipinski definition) is 1. The number of benzene rings is 1. The highest BCUT2D eigenvalue weighted by Crippen LogP contribution is 2.28. The number of halogens is 1. The van der Waals surface area contributed by atoms with Crippen molar-refractivity contribution in [2.75, 3.05) is 12.8 Å². The number of nitrogens with zero attached hydrogens (tertiary/aromatic N) is 4. The summed E-state index contributed by atoms with van der Waals surface area (Å²) >= 11 is 0. The maximum atomic E-state index is 13.6. The lowest BCUT2D eigenvalue weighted by Crippen LogP contribution is -2.04. The quantitative estimate of drug-likeness (QED) is 0.757. The molecule has 0 saturated heterocycles. The number of aromatic nitrogens is 4. The van der Waals surface area contributed by atoms with Crippen LogP contribution in [0.5, 0.6) is 5.75 Å². The van der Waals surface area contributed by atoms with Crippen molar-refractivity contribution in [3.05, 3.63) is 23.8 Å². The summed E-state index contributed by atoms with van der Waals surface area (Å²) in [7, 11) is 1.46. The van der Waals surface area contributed by atoms with Crippen LogP contribution in [-0.4, -0.2) is 26.7 Å². The highest BCUT2D eigenvalue weighted by Gasteiger charge is 2.15. The van der Waals surface area contributed by atoms with Crippen LogP contribution in [0.4, 0.5) is 10.3 Å². The Kier molecular flexibility index (Phi) is 2.48. The van der Waals surface area contributed by atoms with E-state index in [4.69, 9.17) is 10.5 Å². The summed E-state index contributed by atoms with van der Waals surface area (Å²) in [5.74, 6) is 0.730. The molecule has 0 atom stereocenters. The summed E-state index contributed by atoms with van der Waals surface area (Å²) < 4.78 is 20.2. The normalized spacial score (nSPS) is 11.3. The van der Waals surface area contributed by atoms with E-state index in [2.05, 4.69) is 15.1 Å². The van der Waals surface area contributed by atoms with Crippen molar-refractivity contribution in [1.29, 1.82) is 0 Å². The third kappa shape index (κ3) is 1.66. The average Bonchev–Trinajstić information content (AvgIpc) is 2.84. The van der Waals surface area contributed by atoms with E-state index in [-0.39, 0.29) is 5.95 Å². The first-order chi connectivity index (χ1) is 9.13. The van der Waals surface area contributed by atoms with Crippen molar-refractivity contribution in [2.24, 2.45) is 0 Å². The van der Waals surface area contributed by atoms with Crippen LogP contribution in [0.3, 0.4) is 0 Å². The van der Waals surface area contributed by atoms with Gasteiger partial charge in [-0.1, -0.05) is 6.92 Å². The Balaban J connectivity index is 2.51. The van der Waals surface area contributed by atoms with Crippen LogP contribution in [0.25, 0.3) is 16.6 Å². The van der Waals surface area contributed by atoms with Gasteiger partial charge in [0.2, 0.25) is 5.95 Å². The van der Waals surface area contributed by atoms with E-state index < -0.39 is 5.82 Å². The fourth-order valence-electron chi connectivity index (χ4n) is 2.02. The van der Waals surface area contributed by atoms with Gasteiger partial charge >= 0.3 is 0 Å². The number of anilines is 1. The maximum Gasteiger partial charge on any atom is 0.223 e. The number of methoxy groups -OCH3 is 1. The lowest BCUT2D eigenvalue weighted by Gasteiger charge is -2.07. The van der Waals surface area contributed by atoms with Gasteiger partial charge in [-0.05, 0) is 6.07 Å². The summed E-state index contributed by atoms with van der Waals surface area (Å²) in [4.78, 5) is 8.56. The summed E-state index contributed by atoms with van der Waals surface area (Å²) in [5.41, 5.74) is 6.81. The van der Waals surface area contributed by atoms with Crippen molar-refractivity contribution < 1.29 is 9.13 Å². The Bertz CT molecular complexity index is 783. The predicted octanol–water partition coefficient (Wildman–Crippen LogP) is 1.57. The topological polar surface area (TPSA) is 78.3 Å². The van der Waals surface area contributed by atoms with Crippen molar-refractivity contribution >= 4 is 22.5 Å². The second-order valence-corrected chi connectivity index (χ2v) is 4.09. The molecule has 0 aliphatic rings. The van der Waals surface area contributed by atoms with Crippen molar-refractivity contribution in [3.63, 3.8) is 0 Å². The van der Waals surface area contributed by atoms with E-state index in [1.807, 2.05) is 6.92 Å². The first-order valence-electron chi connectivity index (χ1n) is 5.82. The van der Waals surface area contributed by atoms with Crippen LogP contribution in [0.2, 0.25) is 0 Å². The molecule has 7 heteroatoms. The largest absolute Gasteiger partial charge is 0.494 e. The smallest absolute Gasteiger partial charge is 0.223 e. The Labute approximate surface area is 108 Å². The van der Waals surface area contributed by atoms with Gasteiger partial charge < -0.3 is 10.5 Å². The fraction of sp³-hybridized carbons (Fsp3) is 0.250. The molecule has 19 heavy (non-hydrogen) atoms. The molecule has 1 aromatic carbocycles. The molecule has 3 aromatic rings. The van der Waals surface area contributed by atoms with Gasteiger partial charge in [0.25, 0.3) is 0 Å². The SMILES string of the molecule is CCc1nc2c3cc(F)cc(OC)c3nc(N)n2n1. The first-order valence-corrected chi connectivity index (χ1v) is 5.82. The molecular weight excluding hydrogens is 249 g/mol. The zero-order chi connectivity index (χ0) is 13.6. The number of nitrogen functional groups attached to an aromatic ring is 1. The van der Waals surface area contributed by atoms with E-state index in [0.717, 1.165) is 0 Å². The highest BCUT2D eigenvalue weighted by atomic mass is 19.1. The van der Waals surface area contributed by atoms with E-state index in [0.29, 0.717) is 34.5 Å². The maximum absolute atomic E-state index is 13.6. The van der Waals surface area contributed by atoms with Crippen molar-refractivity contribution in [2.45, 2.75) is 13.3 Å². The molecule has 0 aliphatic heterocycles. The molecule has 0 aliphatic carbocycles. The monoisotopic (exact) mass is 261 g/mol. The Hall–Kier alpha value is -2.44. The summed E-state index contributed by atoms with van der Waals surface area (Å²) in [6.07, 6.45) is 0.662. The van der Waals surface area contributed by atoms with Gasteiger partial charge in [-0.2, -0.15) is 4.52 Å². The molecule has 0 unspecified atom stereocenters. The van der Waals surface area contributed by atoms with Gasteiger partial charge in [-0.25, -0.2) is 14.4 Å². The van der Waals surface area contributed by atoms with Crippen LogP contribution in [0.1, 0.15) is 12.7 Å². The summed E-state index contributed by atoms with van der Waals surface area (Å²) in [6.45, 7) is 1.93. The van der Waals surface area contributed by atoms with Gasteiger partial charge in [0, 0.05) is 12.5 Å². The highest BCUT2D eigenvalue weighted by molar-refractivity contribution is 5.95. The zero-order valence-electron chi connectivity index (χ0n) is 10.5. The van der Waals surface area contributed by atoms with Crippen molar-refractivity contribution in [3.8, 4) is 5.75 Å². The molecule has 3 rings (SSSR count). The molecule has 2 N–H and O–H groups in total. The second kappa shape index (κ2) is 4.04. The molecular formula is C12H12FN5O. The van der Waals surface area contributed by atoms with Crippen LogP contribution in [0, 0.1) is 5.82 Å². The van der Waals surface area contributed by atoms with Gasteiger partial charge in [0.05, 0.1) is 12.5 Å². The third-order valence-electron chi connectivity index (χ3n) is 2.91. The van der Waals surface area contributed by atoms with Crippen molar-refractivity contribution in [1.82, 2.24) is 19.6 Å². The van der Waals surface area contributed by atoms with E-state index >= 15 is 0 Å². The minimum atomic E-state index is -0.418. The minimum Gasteiger partial charge on any atom is -0.494 e.